The van der Waals surface area contributed by atoms with Crippen molar-refractivity contribution in [2.45, 2.75) is 47.0 Å². The molecule has 0 aliphatic heterocycles. The molecule has 0 spiro atoms. The monoisotopic (exact) mass is 482 g/mol. The Balaban J connectivity index is 2.00. The van der Waals surface area contributed by atoms with Gasteiger partial charge >= 0.3 is 0 Å². The maximum Gasteiger partial charge on any atom is 0.273 e. The summed E-state index contributed by atoms with van der Waals surface area (Å²) in [6.45, 7) is 6.76. The molecule has 35 heavy (non-hydrogen) atoms. The van der Waals surface area contributed by atoms with Crippen molar-refractivity contribution in [1.82, 2.24) is 10.9 Å². The summed E-state index contributed by atoms with van der Waals surface area (Å²) in [5.74, 6) is -1.42. The Bertz CT molecular complexity index is 1130. The fraction of sp³-hybridized carbons (Fsp3) is 0.304. The topological polar surface area (TPSA) is 169 Å². The van der Waals surface area contributed by atoms with E-state index < -0.39 is 28.1 Å². The normalized spacial score (nSPS) is 11.7. The van der Waals surface area contributed by atoms with Crippen LogP contribution in [0.5, 0.6) is 0 Å². The first-order valence-corrected chi connectivity index (χ1v) is 10.8. The minimum atomic E-state index is -0.711. The maximum atomic E-state index is 12.1. The van der Waals surface area contributed by atoms with Crippen LogP contribution in [0.25, 0.3) is 0 Å². The van der Waals surface area contributed by atoms with Crippen LogP contribution < -0.4 is 10.9 Å². The molecule has 0 aliphatic rings. The number of hydrazone groups is 2. The number of amides is 2. The van der Waals surface area contributed by atoms with Crippen LogP contribution in [-0.4, -0.2) is 33.1 Å². The van der Waals surface area contributed by atoms with Gasteiger partial charge in [-0.2, -0.15) is 10.2 Å². The van der Waals surface area contributed by atoms with E-state index in [1.165, 1.54) is 12.1 Å². The van der Waals surface area contributed by atoms with Crippen molar-refractivity contribution in [1.29, 1.82) is 0 Å². The molecule has 0 aromatic heterocycles. The molecule has 2 aromatic carbocycles. The van der Waals surface area contributed by atoms with E-state index in [4.69, 9.17) is 0 Å². The average Bonchev–Trinajstić information content (AvgIpc) is 2.84. The minimum absolute atomic E-state index is 0.0341. The molecule has 0 radical (unpaired) electrons. The molecule has 0 saturated carbocycles. The Hall–Kier alpha value is -4.48. The summed E-state index contributed by atoms with van der Waals surface area (Å²) >= 11 is 0. The molecule has 0 bridgehead atoms. The van der Waals surface area contributed by atoms with Gasteiger partial charge in [-0.25, -0.2) is 10.9 Å². The minimum Gasteiger partial charge on any atom is -0.273 e. The quantitative estimate of drug-likeness (QED) is 0.227. The van der Waals surface area contributed by atoms with E-state index in [2.05, 4.69) is 21.1 Å². The van der Waals surface area contributed by atoms with Crippen LogP contribution in [0.15, 0.2) is 46.6 Å². The van der Waals surface area contributed by atoms with E-state index >= 15 is 0 Å². The van der Waals surface area contributed by atoms with E-state index in [1.54, 1.807) is 38.1 Å². The number of carbonyl (C=O) groups is 2. The van der Waals surface area contributed by atoms with Gasteiger partial charge in [-0.15, -0.1) is 0 Å². The largest absolute Gasteiger partial charge is 0.273 e. The van der Waals surface area contributed by atoms with E-state index in [0.29, 0.717) is 46.5 Å². The van der Waals surface area contributed by atoms with Crippen molar-refractivity contribution in [3.63, 3.8) is 0 Å². The SMILES string of the molecule is CCc1ccc(C(C)=NNC(=O)CC(=O)NN=C(C)c2ccc(CC)c([N+](=O)[O-])c2)cc1[N+](=O)[O-]. The van der Waals surface area contributed by atoms with Crippen LogP contribution in [0.2, 0.25) is 0 Å². The summed E-state index contributed by atoms with van der Waals surface area (Å²) in [5, 5.41) is 30.3. The number of nitro benzene ring substituents is 2. The first-order chi connectivity index (χ1) is 16.6. The Morgan fingerprint density at radius 2 is 1.14 bits per heavy atom. The van der Waals surface area contributed by atoms with Gasteiger partial charge in [-0.3, -0.25) is 29.8 Å². The van der Waals surface area contributed by atoms with Crippen molar-refractivity contribution >= 4 is 34.6 Å². The highest BCUT2D eigenvalue weighted by Crippen LogP contribution is 2.22. The molecule has 0 unspecified atom stereocenters. The fourth-order valence-electron chi connectivity index (χ4n) is 3.16. The van der Waals surface area contributed by atoms with Gasteiger partial charge in [0, 0.05) is 34.4 Å². The van der Waals surface area contributed by atoms with Crippen LogP contribution in [0, 0.1) is 20.2 Å². The highest BCUT2D eigenvalue weighted by atomic mass is 16.6. The number of nitrogens with zero attached hydrogens (tertiary/aromatic N) is 4. The van der Waals surface area contributed by atoms with E-state index in [0.717, 1.165) is 0 Å². The summed E-state index contributed by atoms with van der Waals surface area (Å²) in [7, 11) is 0. The van der Waals surface area contributed by atoms with Gasteiger partial charge in [0.1, 0.15) is 6.42 Å². The summed E-state index contributed by atoms with van der Waals surface area (Å²) < 4.78 is 0. The lowest BCUT2D eigenvalue weighted by molar-refractivity contribution is -0.385. The van der Waals surface area contributed by atoms with Crippen LogP contribution in [0.3, 0.4) is 0 Å². The number of hydrogen-bond acceptors (Lipinski definition) is 8. The highest BCUT2D eigenvalue weighted by Gasteiger charge is 2.16. The Kier molecular flexibility index (Phi) is 9.27. The molecule has 2 N–H and O–H groups in total. The van der Waals surface area contributed by atoms with Crippen molar-refractivity contribution in [3.8, 4) is 0 Å². The van der Waals surface area contributed by atoms with Gasteiger partial charge < -0.3 is 0 Å². The van der Waals surface area contributed by atoms with Gasteiger partial charge in [0.2, 0.25) is 11.8 Å². The number of nitro groups is 2. The number of benzene rings is 2. The molecule has 2 amide bonds. The van der Waals surface area contributed by atoms with Crippen LogP contribution in [0.1, 0.15) is 56.4 Å². The molecule has 0 heterocycles. The lowest BCUT2D eigenvalue weighted by atomic mass is 10.0. The molecular formula is C23H26N6O6. The predicted octanol–water partition coefficient (Wildman–Crippen LogP) is 3.40. The lowest BCUT2D eigenvalue weighted by Gasteiger charge is -2.06. The second-order valence-electron chi connectivity index (χ2n) is 7.55. The summed E-state index contributed by atoms with van der Waals surface area (Å²) in [6, 6.07) is 9.35. The van der Waals surface area contributed by atoms with Crippen molar-refractivity contribution in [2.75, 3.05) is 0 Å². The lowest BCUT2D eigenvalue weighted by Crippen LogP contribution is -2.28. The number of rotatable bonds is 10. The molecule has 0 aliphatic carbocycles. The third-order valence-corrected chi connectivity index (χ3v) is 5.18. The first kappa shape index (κ1) is 26.8. The molecule has 0 saturated heterocycles. The fourth-order valence-corrected chi connectivity index (χ4v) is 3.16. The van der Waals surface area contributed by atoms with Gasteiger partial charge in [0.15, 0.2) is 0 Å². The zero-order valence-corrected chi connectivity index (χ0v) is 19.8. The number of aryl methyl sites for hydroxylation is 2. The first-order valence-electron chi connectivity index (χ1n) is 10.8. The van der Waals surface area contributed by atoms with Crippen LogP contribution >= 0.6 is 0 Å². The van der Waals surface area contributed by atoms with Crippen molar-refractivity contribution < 1.29 is 19.4 Å². The van der Waals surface area contributed by atoms with Gasteiger partial charge in [-0.05, 0) is 26.7 Å². The maximum absolute atomic E-state index is 12.1. The zero-order valence-electron chi connectivity index (χ0n) is 19.8. The van der Waals surface area contributed by atoms with Gasteiger partial charge in [0.05, 0.1) is 21.3 Å². The number of nitrogens with one attached hydrogen (secondary N) is 2. The van der Waals surface area contributed by atoms with Crippen molar-refractivity contribution in [2.24, 2.45) is 10.2 Å². The Morgan fingerprint density at radius 3 is 1.46 bits per heavy atom. The Morgan fingerprint density at radius 1 is 0.771 bits per heavy atom. The molecule has 2 aromatic rings. The van der Waals surface area contributed by atoms with E-state index in [1.807, 2.05) is 13.8 Å². The van der Waals surface area contributed by atoms with Gasteiger partial charge in [-0.1, -0.05) is 38.1 Å². The van der Waals surface area contributed by atoms with Crippen LogP contribution in [0.4, 0.5) is 11.4 Å². The molecule has 0 fully saturated rings. The summed E-state index contributed by atoms with van der Waals surface area (Å²) in [6.07, 6.45) is 0.431. The Labute approximate surface area is 201 Å². The molecule has 12 heteroatoms. The van der Waals surface area contributed by atoms with E-state index in [-0.39, 0.29) is 11.4 Å². The smallest absolute Gasteiger partial charge is 0.273 e. The third-order valence-electron chi connectivity index (χ3n) is 5.18. The summed E-state index contributed by atoms with van der Waals surface area (Å²) in [4.78, 5) is 45.6. The average molecular weight is 482 g/mol. The second-order valence-corrected chi connectivity index (χ2v) is 7.55. The molecular weight excluding hydrogens is 456 g/mol. The molecule has 0 atom stereocenters. The summed E-state index contributed by atoms with van der Waals surface area (Å²) in [5.41, 5.74) is 7.15. The number of carbonyl (C=O) groups excluding carboxylic acids is 2. The molecule has 184 valence electrons. The van der Waals surface area contributed by atoms with Crippen molar-refractivity contribution in [3.05, 3.63) is 78.9 Å². The van der Waals surface area contributed by atoms with Gasteiger partial charge in [0.25, 0.3) is 11.4 Å². The third kappa shape index (κ3) is 7.25. The standard InChI is InChI=1S/C23H26N6O6/c1-5-16-7-9-18(11-20(16)28(32)33)14(3)24-26-22(30)13-23(31)27-25-15(4)19-10-8-17(6-2)21(12-19)29(34)35/h7-12H,5-6,13H2,1-4H3,(H,26,30)(H,27,31). The second kappa shape index (κ2) is 12.1. The van der Waals surface area contributed by atoms with Crippen LogP contribution in [-0.2, 0) is 22.4 Å². The van der Waals surface area contributed by atoms with E-state index in [9.17, 15) is 29.8 Å². The predicted molar refractivity (Wildman–Crippen MR) is 130 cm³/mol. The molecule has 2 rings (SSSR count). The highest BCUT2D eigenvalue weighted by molar-refractivity contribution is 6.02. The zero-order chi connectivity index (χ0) is 26.1. The molecule has 12 nitrogen and oxygen atoms in total. The number of hydrogen-bond donors (Lipinski definition) is 2.